The average molecular weight is 236 g/mol. The molecule has 2 rings (SSSR count). The zero-order valence-corrected chi connectivity index (χ0v) is 9.38. The Bertz CT molecular complexity index is 568. The van der Waals surface area contributed by atoms with Crippen LogP contribution in [0.4, 0.5) is 5.82 Å². The van der Waals surface area contributed by atoms with Gasteiger partial charge in [-0.2, -0.15) is 0 Å². The Kier molecular flexibility index (Phi) is 2.66. The largest absolute Gasteiger partial charge is 0.373 e. The number of benzene rings is 1. The quantitative estimate of drug-likeness (QED) is 0.837. The van der Waals surface area contributed by atoms with Gasteiger partial charge in [0.1, 0.15) is 5.82 Å². The number of aromatic nitrogens is 1. The molecule has 5 heteroatoms. The van der Waals surface area contributed by atoms with Gasteiger partial charge in [0.25, 0.3) is 0 Å². The zero-order chi connectivity index (χ0) is 11.7. The fourth-order valence-electron chi connectivity index (χ4n) is 1.55. The third kappa shape index (κ3) is 1.67. The van der Waals surface area contributed by atoms with E-state index in [0.717, 1.165) is 0 Å². The molecular formula is C11H10ClN3O. The number of para-hydroxylation sites is 1. The lowest BCUT2D eigenvalue weighted by molar-refractivity contribution is 0.100. The second kappa shape index (κ2) is 3.98. The summed E-state index contributed by atoms with van der Waals surface area (Å²) in [5.41, 5.74) is 6.30. The highest BCUT2D eigenvalue weighted by Crippen LogP contribution is 2.26. The Morgan fingerprint density at radius 2 is 2.25 bits per heavy atom. The van der Waals surface area contributed by atoms with Crippen LogP contribution in [0.1, 0.15) is 10.4 Å². The van der Waals surface area contributed by atoms with Crippen molar-refractivity contribution in [2.45, 2.75) is 0 Å². The molecule has 1 aromatic heterocycles. The highest BCUT2D eigenvalue weighted by atomic mass is 35.5. The number of primary amides is 1. The topological polar surface area (TPSA) is 68.0 Å². The number of carbonyl (C=O) groups is 1. The molecular weight excluding hydrogens is 226 g/mol. The molecule has 2 aromatic rings. The van der Waals surface area contributed by atoms with Gasteiger partial charge in [-0.1, -0.05) is 23.7 Å². The van der Waals surface area contributed by atoms with Crippen molar-refractivity contribution in [2.24, 2.45) is 5.73 Å². The Hall–Kier alpha value is -1.81. The zero-order valence-electron chi connectivity index (χ0n) is 8.62. The molecule has 0 saturated heterocycles. The van der Waals surface area contributed by atoms with Gasteiger partial charge in [-0.15, -0.1) is 0 Å². The van der Waals surface area contributed by atoms with E-state index in [0.29, 0.717) is 27.3 Å². The number of hydrogen-bond donors (Lipinski definition) is 2. The van der Waals surface area contributed by atoms with Gasteiger partial charge in [0.2, 0.25) is 5.91 Å². The van der Waals surface area contributed by atoms with Crippen LogP contribution in [0.3, 0.4) is 0 Å². The number of halogens is 1. The minimum Gasteiger partial charge on any atom is -0.373 e. The fourth-order valence-corrected chi connectivity index (χ4v) is 1.76. The van der Waals surface area contributed by atoms with Gasteiger partial charge < -0.3 is 11.1 Å². The summed E-state index contributed by atoms with van der Waals surface area (Å²) in [6.45, 7) is 0. The number of carbonyl (C=O) groups excluding carboxylic acids is 1. The van der Waals surface area contributed by atoms with Gasteiger partial charge in [-0.3, -0.25) is 4.79 Å². The van der Waals surface area contributed by atoms with Gasteiger partial charge in [-0.25, -0.2) is 4.98 Å². The molecule has 0 spiro atoms. The normalized spacial score (nSPS) is 10.4. The molecule has 0 unspecified atom stereocenters. The van der Waals surface area contributed by atoms with Crippen LogP contribution < -0.4 is 11.1 Å². The van der Waals surface area contributed by atoms with Crippen molar-refractivity contribution in [3.63, 3.8) is 0 Å². The predicted octanol–water partition coefficient (Wildman–Crippen LogP) is 2.03. The van der Waals surface area contributed by atoms with E-state index in [1.54, 1.807) is 31.3 Å². The average Bonchev–Trinajstić information content (AvgIpc) is 2.28. The van der Waals surface area contributed by atoms with E-state index in [-0.39, 0.29) is 0 Å². The Morgan fingerprint density at radius 1 is 1.50 bits per heavy atom. The molecule has 1 amide bonds. The first-order chi connectivity index (χ1) is 7.63. The second-order valence-corrected chi connectivity index (χ2v) is 3.71. The number of anilines is 1. The first kappa shape index (κ1) is 10.7. The molecule has 0 aliphatic carbocycles. The third-order valence-electron chi connectivity index (χ3n) is 2.31. The third-order valence-corrected chi connectivity index (χ3v) is 2.62. The van der Waals surface area contributed by atoms with Crippen molar-refractivity contribution in [1.82, 2.24) is 4.98 Å². The van der Waals surface area contributed by atoms with Gasteiger partial charge in [0, 0.05) is 12.4 Å². The maximum atomic E-state index is 11.3. The molecule has 0 aliphatic rings. The van der Waals surface area contributed by atoms with E-state index < -0.39 is 5.91 Å². The van der Waals surface area contributed by atoms with Crippen LogP contribution in [0, 0.1) is 0 Å². The van der Waals surface area contributed by atoms with Gasteiger partial charge in [0.15, 0.2) is 0 Å². The number of hydrogen-bond acceptors (Lipinski definition) is 3. The molecule has 0 atom stereocenters. The number of nitrogens with two attached hydrogens (primary N) is 1. The maximum absolute atomic E-state index is 11.3. The molecule has 82 valence electrons. The molecule has 0 fully saturated rings. The number of amides is 1. The number of nitrogens with one attached hydrogen (secondary N) is 1. The molecule has 4 nitrogen and oxygen atoms in total. The smallest absolute Gasteiger partial charge is 0.249 e. The minimum absolute atomic E-state index is 0.414. The fraction of sp³-hybridized carbons (Fsp3) is 0.0909. The van der Waals surface area contributed by atoms with E-state index >= 15 is 0 Å². The highest BCUT2D eigenvalue weighted by Gasteiger charge is 2.11. The van der Waals surface area contributed by atoms with Crippen LogP contribution in [-0.2, 0) is 0 Å². The summed E-state index contributed by atoms with van der Waals surface area (Å²) < 4.78 is 0. The van der Waals surface area contributed by atoms with Crippen LogP contribution >= 0.6 is 11.6 Å². The number of rotatable bonds is 2. The summed E-state index contributed by atoms with van der Waals surface area (Å²) >= 11 is 6.02. The molecule has 0 aliphatic heterocycles. The van der Waals surface area contributed by atoms with Crippen LogP contribution in [0.25, 0.3) is 10.9 Å². The Labute approximate surface area is 97.4 Å². The number of nitrogens with zero attached hydrogens (tertiary/aromatic N) is 1. The van der Waals surface area contributed by atoms with E-state index in [9.17, 15) is 4.79 Å². The van der Waals surface area contributed by atoms with Crippen molar-refractivity contribution >= 4 is 34.2 Å². The molecule has 0 saturated carbocycles. The van der Waals surface area contributed by atoms with Crippen LogP contribution in [-0.4, -0.2) is 17.9 Å². The van der Waals surface area contributed by atoms with Gasteiger partial charge >= 0.3 is 0 Å². The summed E-state index contributed by atoms with van der Waals surface area (Å²) in [5, 5.41) is 4.03. The van der Waals surface area contributed by atoms with E-state index in [2.05, 4.69) is 10.3 Å². The van der Waals surface area contributed by atoms with Crippen LogP contribution in [0.5, 0.6) is 0 Å². The van der Waals surface area contributed by atoms with Crippen molar-refractivity contribution in [1.29, 1.82) is 0 Å². The molecule has 3 N–H and O–H groups in total. The molecule has 0 radical (unpaired) electrons. The lowest BCUT2D eigenvalue weighted by Gasteiger charge is -2.07. The summed E-state index contributed by atoms with van der Waals surface area (Å²) in [6.07, 6.45) is 0. The van der Waals surface area contributed by atoms with Crippen molar-refractivity contribution in [3.05, 3.63) is 34.9 Å². The Morgan fingerprint density at radius 3 is 2.88 bits per heavy atom. The molecule has 0 bridgehead atoms. The first-order valence-electron chi connectivity index (χ1n) is 4.70. The maximum Gasteiger partial charge on any atom is 0.249 e. The second-order valence-electron chi connectivity index (χ2n) is 3.31. The summed E-state index contributed by atoms with van der Waals surface area (Å²) in [4.78, 5) is 15.6. The van der Waals surface area contributed by atoms with Crippen LogP contribution in [0.2, 0.25) is 5.02 Å². The first-order valence-corrected chi connectivity index (χ1v) is 5.08. The van der Waals surface area contributed by atoms with Crippen LogP contribution in [0.15, 0.2) is 24.3 Å². The summed E-state index contributed by atoms with van der Waals surface area (Å²) in [7, 11) is 1.72. The standard InChI is InChI=1S/C11H10ClN3O/c1-14-9-5-7(11(13)16)6-3-2-4-8(12)10(6)15-9/h2-5H,1H3,(H2,13,16)(H,14,15). The lowest BCUT2D eigenvalue weighted by atomic mass is 10.1. The van der Waals surface area contributed by atoms with Gasteiger partial charge in [0.05, 0.1) is 16.1 Å². The monoisotopic (exact) mass is 235 g/mol. The lowest BCUT2D eigenvalue weighted by Crippen LogP contribution is -2.12. The summed E-state index contributed by atoms with van der Waals surface area (Å²) in [6, 6.07) is 6.87. The van der Waals surface area contributed by atoms with Crippen molar-refractivity contribution in [3.8, 4) is 0 Å². The summed E-state index contributed by atoms with van der Waals surface area (Å²) in [5.74, 6) is 0.0700. The predicted molar refractivity (Wildman–Crippen MR) is 64.8 cm³/mol. The van der Waals surface area contributed by atoms with E-state index in [1.807, 2.05) is 0 Å². The Balaban J connectivity index is 2.87. The number of fused-ring (bicyclic) bond motifs is 1. The van der Waals surface area contributed by atoms with Crippen molar-refractivity contribution < 1.29 is 4.79 Å². The highest BCUT2D eigenvalue weighted by molar-refractivity contribution is 6.35. The minimum atomic E-state index is -0.494. The number of pyridine rings is 1. The van der Waals surface area contributed by atoms with E-state index in [4.69, 9.17) is 17.3 Å². The van der Waals surface area contributed by atoms with Gasteiger partial charge in [-0.05, 0) is 12.1 Å². The van der Waals surface area contributed by atoms with E-state index in [1.165, 1.54) is 0 Å². The molecule has 1 heterocycles. The molecule has 1 aromatic carbocycles. The SMILES string of the molecule is CNc1cc(C(N)=O)c2cccc(Cl)c2n1. The molecule has 16 heavy (non-hydrogen) atoms. The van der Waals surface area contributed by atoms with Crippen molar-refractivity contribution in [2.75, 3.05) is 12.4 Å².